The molecule has 5 atom stereocenters. The summed E-state index contributed by atoms with van der Waals surface area (Å²) in [7, 11) is 1.54. The predicted molar refractivity (Wildman–Crippen MR) is 245 cm³/mol. The molecule has 1 aromatic heterocycles. The van der Waals surface area contributed by atoms with Gasteiger partial charge >= 0.3 is 5.69 Å². The van der Waals surface area contributed by atoms with Gasteiger partial charge in [0.15, 0.2) is 6.23 Å². The summed E-state index contributed by atoms with van der Waals surface area (Å²) in [4.78, 5) is 31.5. The number of hydrogen-bond acceptors (Lipinski definition) is 12. The molecule has 0 radical (unpaired) electrons. The molecule has 2 fully saturated rings. The van der Waals surface area contributed by atoms with Gasteiger partial charge in [0, 0.05) is 35.2 Å². The summed E-state index contributed by atoms with van der Waals surface area (Å²) in [6, 6.07) is 37.5. The first-order chi connectivity index (χ1) is 30.4. The van der Waals surface area contributed by atoms with Crippen LogP contribution in [0.25, 0.3) is 0 Å². The number of ether oxygens (including phenoxy) is 4. The molecule has 0 spiro atoms. The van der Waals surface area contributed by atoms with Crippen molar-refractivity contribution >= 4 is 32.0 Å². The van der Waals surface area contributed by atoms with Crippen molar-refractivity contribution in [1.29, 1.82) is 5.26 Å². The largest absolute Gasteiger partial charge is 0.497 e. The Kier molecular flexibility index (Phi) is 14.7. The minimum atomic E-state index is -1.76. The highest BCUT2D eigenvalue weighted by atomic mass is 32.2. The molecule has 2 bridgehead atoms. The summed E-state index contributed by atoms with van der Waals surface area (Å²) in [5.41, 5.74) is 2.28. The zero-order valence-electron chi connectivity index (χ0n) is 36.6. The fraction of sp³-hybridized carbons (Fsp3) is 0.375. The third-order valence-corrected chi connectivity index (χ3v) is 15.1. The lowest BCUT2D eigenvalue weighted by Gasteiger charge is -2.41. The van der Waals surface area contributed by atoms with E-state index in [9.17, 15) is 14.9 Å². The molecule has 2 aliphatic heterocycles. The van der Waals surface area contributed by atoms with E-state index in [1.54, 1.807) is 63.4 Å². The van der Waals surface area contributed by atoms with E-state index < -0.39 is 43.0 Å². The number of aromatic nitrogens is 2. The van der Waals surface area contributed by atoms with Gasteiger partial charge in [-0.25, -0.2) is 9.46 Å². The van der Waals surface area contributed by atoms with E-state index in [1.807, 2.05) is 48.5 Å². The lowest BCUT2D eigenvalue weighted by molar-refractivity contribution is -0.165. The Morgan fingerprint density at radius 1 is 0.937 bits per heavy atom. The molecule has 330 valence electrons. The SMILES string of the molecule is COc1ccc(C(SCC23COC(C(n4cc(C)c(NC(=O)c5ccccc5)nc4=O)O2)C3OP(OCCC#N)N(C(C)C)C(C)C)(c2ccccc2)c2ccc(OC)cc2)cc1. The highest BCUT2D eigenvalue weighted by molar-refractivity contribution is 8.00. The number of aryl methyl sites for hydroxylation is 1. The summed E-state index contributed by atoms with van der Waals surface area (Å²) < 4.78 is 41.5. The molecule has 0 saturated carbocycles. The zero-order chi connectivity index (χ0) is 44.7. The van der Waals surface area contributed by atoms with Gasteiger partial charge in [0.05, 0.1) is 44.7 Å². The minimum Gasteiger partial charge on any atom is -0.497 e. The summed E-state index contributed by atoms with van der Waals surface area (Å²) in [5, 5.41) is 12.3. The van der Waals surface area contributed by atoms with E-state index in [-0.39, 0.29) is 43.4 Å². The van der Waals surface area contributed by atoms with Crippen LogP contribution >= 0.6 is 20.3 Å². The van der Waals surface area contributed by atoms with Crippen molar-refractivity contribution < 1.29 is 32.8 Å². The minimum absolute atomic E-state index is 0.0317. The second-order valence-corrected chi connectivity index (χ2v) is 18.6. The van der Waals surface area contributed by atoms with Gasteiger partial charge in [-0.15, -0.1) is 11.8 Å². The van der Waals surface area contributed by atoms with E-state index in [0.29, 0.717) is 16.9 Å². The zero-order valence-corrected chi connectivity index (χ0v) is 38.3. The first-order valence-electron chi connectivity index (χ1n) is 20.9. The average molecular weight is 892 g/mol. The maximum atomic E-state index is 14.1. The molecule has 7 rings (SSSR count). The Balaban J connectivity index is 1.33. The third-order valence-electron chi connectivity index (χ3n) is 11.2. The van der Waals surface area contributed by atoms with Crippen molar-refractivity contribution in [1.82, 2.24) is 14.2 Å². The fourth-order valence-corrected chi connectivity index (χ4v) is 11.7. The van der Waals surface area contributed by atoms with Crippen LogP contribution in [-0.2, 0) is 23.3 Å². The van der Waals surface area contributed by atoms with Gasteiger partial charge in [-0.1, -0.05) is 72.8 Å². The van der Waals surface area contributed by atoms with Crippen molar-refractivity contribution in [3.63, 3.8) is 0 Å². The number of anilines is 1. The van der Waals surface area contributed by atoms with Crippen LogP contribution in [0, 0.1) is 18.3 Å². The molecular weight excluding hydrogens is 838 g/mol. The van der Waals surface area contributed by atoms with Crippen molar-refractivity contribution in [3.05, 3.63) is 154 Å². The molecule has 13 nitrogen and oxygen atoms in total. The average Bonchev–Trinajstić information content (AvgIpc) is 3.79. The smallest absolute Gasteiger partial charge is 0.351 e. The van der Waals surface area contributed by atoms with Crippen LogP contribution in [0.4, 0.5) is 5.82 Å². The number of rotatable bonds is 19. The predicted octanol–water partition coefficient (Wildman–Crippen LogP) is 8.87. The molecule has 1 N–H and O–H groups in total. The molecule has 5 aromatic rings. The van der Waals surface area contributed by atoms with Crippen molar-refractivity contribution in [2.24, 2.45) is 0 Å². The van der Waals surface area contributed by atoms with Crippen LogP contribution in [0.5, 0.6) is 11.5 Å². The summed E-state index contributed by atoms with van der Waals surface area (Å²) in [6.45, 7) is 10.5. The Morgan fingerprint density at radius 3 is 2.06 bits per heavy atom. The Bertz CT molecular complexity index is 2360. The molecule has 5 unspecified atom stereocenters. The number of methoxy groups -OCH3 is 2. The van der Waals surface area contributed by atoms with Gasteiger partial charge in [-0.2, -0.15) is 10.2 Å². The van der Waals surface area contributed by atoms with E-state index in [2.05, 4.69) is 85.1 Å². The quantitative estimate of drug-likeness (QED) is 0.0480. The number of nitrogens with one attached hydrogen (secondary N) is 1. The second-order valence-electron chi connectivity index (χ2n) is 16.0. The molecule has 2 aliphatic rings. The topological polar surface area (TPSA) is 146 Å². The number of benzene rings is 4. The highest BCUT2D eigenvalue weighted by Gasteiger charge is 2.65. The maximum Gasteiger partial charge on any atom is 0.351 e. The Hall–Kier alpha value is -5.10. The van der Waals surface area contributed by atoms with Crippen molar-refractivity contribution in [2.45, 2.75) is 81.9 Å². The van der Waals surface area contributed by atoms with E-state index in [4.69, 9.17) is 28.0 Å². The molecule has 1 amide bonds. The van der Waals surface area contributed by atoms with Crippen molar-refractivity contribution in [2.75, 3.05) is 38.5 Å². The van der Waals surface area contributed by atoms with Crippen LogP contribution in [0.15, 0.2) is 120 Å². The lowest BCUT2D eigenvalue weighted by atomic mass is 9.84. The molecule has 3 heterocycles. The molecular formula is C48H54N5O8PS. The first kappa shape index (κ1) is 45.9. The molecule has 0 aliphatic carbocycles. The number of thioether (sulfide) groups is 1. The van der Waals surface area contributed by atoms with Crippen LogP contribution < -0.4 is 20.5 Å². The van der Waals surface area contributed by atoms with Crippen LogP contribution in [-0.4, -0.2) is 83.2 Å². The van der Waals surface area contributed by atoms with E-state index in [0.717, 1.165) is 28.2 Å². The third kappa shape index (κ3) is 9.57. The Morgan fingerprint density at radius 2 is 1.51 bits per heavy atom. The van der Waals surface area contributed by atoms with Crippen LogP contribution in [0.2, 0.25) is 0 Å². The van der Waals surface area contributed by atoms with E-state index in [1.165, 1.54) is 4.57 Å². The number of hydrogen-bond donors (Lipinski definition) is 1. The number of nitrogens with zero attached hydrogens (tertiary/aromatic N) is 4. The summed E-state index contributed by atoms with van der Waals surface area (Å²) in [6.07, 6.45) is -0.598. The number of nitriles is 1. The molecule has 63 heavy (non-hydrogen) atoms. The second kappa shape index (κ2) is 20.2. The van der Waals surface area contributed by atoms with Crippen LogP contribution in [0.3, 0.4) is 0 Å². The first-order valence-corrected chi connectivity index (χ1v) is 23.1. The van der Waals surface area contributed by atoms with Gasteiger partial charge in [0.2, 0.25) is 0 Å². The normalized spacial score (nSPS) is 19.9. The van der Waals surface area contributed by atoms with Gasteiger partial charge < -0.3 is 33.3 Å². The highest BCUT2D eigenvalue weighted by Crippen LogP contribution is 2.58. The molecule has 15 heteroatoms. The number of amides is 1. The van der Waals surface area contributed by atoms with Gasteiger partial charge in [-0.05, 0) is 87.7 Å². The Labute approximate surface area is 374 Å². The molecule has 2 saturated heterocycles. The number of carbonyl (C=O) groups is 1. The van der Waals surface area contributed by atoms with Crippen molar-refractivity contribution in [3.8, 4) is 17.6 Å². The van der Waals surface area contributed by atoms with Gasteiger partial charge in [-0.3, -0.25) is 9.36 Å². The van der Waals surface area contributed by atoms with Gasteiger partial charge in [0.25, 0.3) is 14.4 Å². The number of carbonyl (C=O) groups excluding carboxylic acids is 1. The standard InChI is InChI=1S/C48H54N5O8PS/c1-32(2)53(33(3)4)62(59-28-14-27-49)61-42-41-45(52-29-34(5)43(51-46(52)55)50-44(54)35-15-10-8-11-16-35)60-47(42,30-58-41)31-63-48(36-17-12-9-13-18-36,37-19-23-39(56-6)24-20-37)38-21-25-40(57-7)26-22-38/h8-13,15-26,29,32-33,41-42,45H,14,28,30-31H2,1-7H3,(H,50,51,54,55). The monoisotopic (exact) mass is 891 g/mol. The maximum absolute atomic E-state index is 14.1. The fourth-order valence-electron chi connectivity index (χ4n) is 8.22. The molecule has 4 aromatic carbocycles. The summed E-state index contributed by atoms with van der Waals surface area (Å²) in [5.74, 6) is 1.57. The number of fused-ring (bicyclic) bond motifs is 2. The summed E-state index contributed by atoms with van der Waals surface area (Å²) >= 11 is 1.68. The lowest BCUT2D eigenvalue weighted by Crippen LogP contribution is -2.46. The van der Waals surface area contributed by atoms with E-state index >= 15 is 0 Å². The van der Waals surface area contributed by atoms with Crippen LogP contribution in [0.1, 0.15) is 73.0 Å². The van der Waals surface area contributed by atoms with Gasteiger partial charge in [0.1, 0.15) is 35.1 Å².